The van der Waals surface area contributed by atoms with Crippen LogP contribution < -0.4 is 11.1 Å². The van der Waals surface area contributed by atoms with E-state index in [9.17, 15) is 0 Å². The maximum Gasteiger partial charge on any atom is 0.0330 e. The number of nitrogens with zero attached hydrogens (tertiary/aromatic N) is 1. The number of nitrogens with one attached hydrogen (secondary N) is 1. The van der Waals surface area contributed by atoms with E-state index in [2.05, 4.69) is 37.9 Å². The van der Waals surface area contributed by atoms with Crippen molar-refractivity contribution >= 4 is 0 Å². The zero-order valence-corrected chi connectivity index (χ0v) is 13.3. The summed E-state index contributed by atoms with van der Waals surface area (Å²) in [6.45, 7) is 12.5. The molecule has 0 amide bonds. The molecular weight excluding hydrogens is 234 g/mol. The maximum atomic E-state index is 6.12. The standard InChI is InChI=1S/C16H33N3/c1-13(2)19-9-7-16(12-17,8-10-19)18-14-5-6-15(3,4)11-14/h13-14,18H,5-12,17H2,1-4H3. The predicted molar refractivity (Wildman–Crippen MR) is 82.3 cm³/mol. The van der Waals surface area contributed by atoms with Gasteiger partial charge in [0.25, 0.3) is 0 Å². The van der Waals surface area contributed by atoms with E-state index in [4.69, 9.17) is 5.73 Å². The van der Waals surface area contributed by atoms with Gasteiger partial charge in [-0.1, -0.05) is 13.8 Å². The third-order valence-electron chi connectivity index (χ3n) is 5.36. The van der Waals surface area contributed by atoms with Gasteiger partial charge in [0, 0.05) is 37.3 Å². The molecule has 3 heteroatoms. The van der Waals surface area contributed by atoms with Gasteiger partial charge in [0.05, 0.1) is 0 Å². The van der Waals surface area contributed by atoms with Crippen LogP contribution in [-0.2, 0) is 0 Å². The van der Waals surface area contributed by atoms with Crippen LogP contribution in [0.5, 0.6) is 0 Å². The summed E-state index contributed by atoms with van der Waals surface area (Å²) in [6.07, 6.45) is 6.39. The third-order valence-corrected chi connectivity index (χ3v) is 5.36. The van der Waals surface area contributed by atoms with Gasteiger partial charge in [0.1, 0.15) is 0 Å². The van der Waals surface area contributed by atoms with E-state index in [-0.39, 0.29) is 5.54 Å². The minimum atomic E-state index is 0.205. The number of likely N-dealkylation sites (tertiary alicyclic amines) is 1. The van der Waals surface area contributed by atoms with Crippen molar-refractivity contribution in [2.24, 2.45) is 11.1 Å². The highest BCUT2D eigenvalue weighted by Gasteiger charge is 2.39. The fraction of sp³-hybridized carbons (Fsp3) is 1.00. The molecule has 1 aliphatic heterocycles. The van der Waals surface area contributed by atoms with Gasteiger partial charge in [0.15, 0.2) is 0 Å². The lowest BCUT2D eigenvalue weighted by Crippen LogP contribution is -2.60. The summed E-state index contributed by atoms with van der Waals surface area (Å²) < 4.78 is 0. The Kier molecular flexibility index (Phi) is 4.59. The maximum absolute atomic E-state index is 6.12. The second-order valence-electron chi connectivity index (χ2n) is 7.86. The molecule has 1 saturated heterocycles. The van der Waals surface area contributed by atoms with E-state index in [0.29, 0.717) is 17.5 Å². The Balaban J connectivity index is 1.90. The highest BCUT2D eigenvalue weighted by molar-refractivity contribution is 4.99. The van der Waals surface area contributed by atoms with Crippen molar-refractivity contribution in [3.63, 3.8) is 0 Å². The molecule has 1 heterocycles. The normalized spacial score (nSPS) is 30.9. The van der Waals surface area contributed by atoms with E-state index in [1.165, 1.54) is 45.2 Å². The van der Waals surface area contributed by atoms with Crippen molar-refractivity contribution in [2.75, 3.05) is 19.6 Å². The third kappa shape index (κ3) is 3.71. The number of rotatable bonds is 4. The van der Waals surface area contributed by atoms with Crippen molar-refractivity contribution in [3.8, 4) is 0 Å². The molecule has 0 aromatic rings. The van der Waals surface area contributed by atoms with Crippen LogP contribution in [0.2, 0.25) is 0 Å². The monoisotopic (exact) mass is 267 g/mol. The molecule has 2 rings (SSSR count). The zero-order chi connectivity index (χ0) is 14.1. The minimum absolute atomic E-state index is 0.205. The Morgan fingerprint density at radius 2 is 1.84 bits per heavy atom. The molecule has 2 aliphatic rings. The summed E-state index contributed by atoms with van der Waals surface area (Å²) in [5.41, 5.74) is 6.85. The highest BCUT2D eigenvalue weighted by atomic mass is 15.2. The lowest BCUT2D eigenvalue weighted by molar-refractivity contribution is 0.105. The molecule has 112 valence electrons. The molecule has 3 nitrogen and oxygen atoms in total. The Morgan fingerprint density at radius 3 is 2.26 bits per heavy atom. The molecule has 0 aromatic carbocycles. The van der Waals surface area contributed by atoms with Crippen LogP contribution in [0.4, 0.5) is 0 Å². The number of hydrogen-bond acceptors (Lipinski definition) is 3. The number of nitrogens with two attached hydrogens (primary N) is 1. The first-order valence-electron chi connectivity index (χ1n) is 8.08. The van der Waals surface area contributed by atoms with Crippen LogP contribution in [-0.4, -0.2) is 42.2 Å². The van der Waals surface area contributed by atoms with E-state index < -0.39 is 0 Å². The van der Waals surface area contributed by atoms with Gasteiger partial charge in [-0.2, -0.15) is 0 Å². The molecule has 1 unspecified atom stereocenters. The second-order valence-corrected chi connectivity index (χ2v) is 7.86. The molecule has 0 radical (unpaired) electrons. The fourth-order valence-electron chi connectivity index (χ4n) is 3.87. The molecule has 1 aliphatic carbocycles. The average Bonchev–Trinajstić information content (AvgIpc) is 2.69. The molecule has 0 spiro atoms. The first-order valence-corrected chi connectivity index (χ1v) is 8.08. The highest BCUT2D eigenvalue weighted by Crippen LogP contribution is 2.38. The number of hydrogen-bond donors (Lipinski definition) is 2. The Morgan fingerprint density at radius 1 is 1.21 bits per heavy atom. The number of piperidine rings is 1. The summed E-state index contributed by atoms with van der Waals surface area (Å²) in [7, 11) is 0. The Bertz CT molecular complexity index is 290. The van der Waals surface area contributed by atoms with E-state index in [1.54, 1.807) is 0 Å². The van der Waals surface area contributed by atoms with E-state index in [0.717, 1.165) is 6.54 Å². The first kappa shape index (κ1) is 15.3. The van der Waals surface area contributed by atoms with E-state index >= 15 is 0 Å². The predicted octanol–water partition coefficient (Wildman–Crippen LogP) is 2.36. The van der Waals surface area contributed by atoms with Gasteiger partial charge in [-0.15, -0.1) is 0 Å². The van der Waals surface area contributed by atoms with Crippen LogP contribution in [0.15, 0.2) is 0 Å². The van der Waals surface area contributed by atoms with Crippen LogP contribution in [0.25, 0.3) is 0 Å². The van der Waals surface area contributed by atoms with Crippen LogP contribution in [0, 0.1) is 5.41 Å². The van der Waals surface area contributed by atoms with Gasteiger partial charge in [-0.05, 0) is 51.4 Å². The van der Waals surface area contributed by atoms with Crippen LogP contribution in [0.1, 0.15) is 59.8 Å². The molecule has 0 aromatic heterocycles. The lowest BCUT2D eigenvalue weighted by Gasteiger charge is -2.45. The van der Waals surface area contributed by atoms with Gasteiger partial charge in [-0.25, -0.2) is 0 Å². The average molecular weight is 267 g/mol. The zero-order valence-electron chi connectivity index (χ0n) is 13.3. The minimum Gasteiger partial charge on any atom is -0.329 e. The largest absolute Gasteiger partial charge is 0.329 e. The molecule has 2 fully saturated rings. The van der Waals surface area contributed by atoms with Crippen molar-refractivity contribution in [1.29, 1.82) is 0 Å². The van der Waals surface area contributed by atoms with Crippen molar-refractivity contribution < 1.29 is 0 Å². The SMILES string of the molecule is CC(C)N1CCC(CN)(NC2CCC(C)(C)C2)CC1. The molecular formula is C16H33N3. The molecule has 1 atom stereocenters. The summed E-state index contributed by atoms with van der Waals surface area (Å²) >= 11 is 0. The second kappa shape index (κ2) is 5.71. The Labute approximate surface area is 119 Å². The summed E-state index contributed by atoms with van der Waals surface area (Å²) in [6, 6.07) is 1.35. The van der Waals surface area contributed by atoms with Gasteiger partial charge >= 0.3 is 0 Å². The van der Waals surface area contributed by atoms with Gasteiger partial charge in [-0.3, -0.25) is 0 Å². The molecule has 0 bridgehead atoms. The topological polar surface area (TPSA) is 41.3 Å². The van der Waals surface area contributed by atoms with Gasteiger partial charge < -0.3 is 16.0 Å². The van der Waals surface area contributed by atoms with Gasteiger partial charge in [0.2, 0.25) is 0 Å². The fourth-order valence-corrected chi connectivity index (χ4v) is 3.87. The smallest absolute Gasteiger partial charge is 0.0330 e. The van der Waals surface area contributed by atoms with Crippen molar-refractivity contribution in [2.45, 2.75) is 77.4 Å². The van der Waals surface area contributed by atoms with Crippen molar-refractivity contribution in [3.05, 3.63) is 0 Å². The summed E-state index contributed by atoms with van der Waals surface area (Å²) in [5.74, 6) is 0. The molecule has 1 saturated carbocycles. The quantitative estimate of drug-likeness (QED) is 0.821. The molecule has 3 N–H and O–H groups in total. The molecule has 19 heavy (non-hydrogen) atoms. The lowest BCUT2D eigenvalue weighted by atomic mass is 9.85. The summed E-state index contributed by atoms with van der Waals surface area (Å²) in [5, 5.41) is 3.94. The van der Waals surface area contributed by atoms with E-state index in [1.807, 2.05) is 0 Å². The van der Waals surface area contributed by atoms with Crippen molar-refractivity contribution in [1.82, 2.24) is 10.2 Å². The first-order chi connectivity index (χ1) is 8.86. The Hall–Kier alpha value is -0.120. The van der Waals surface area contributed by atoms with Crippen LogP contribution >= 0.6 is 0 Å². The summed E-state index contributed by atoms with van der Waals surface area (Å²) in [4.78, 5) is 2.58. The van der Waals surface area contributed by atoms with Crippen LogP contribution in [0.3, 0.4) is 0 Å².